The summed E-state index contributed by atoms with van der Waals surface area (Å²) >= 11 is 0. The molecule has 0 unspecified atom stereocenters. The summed E-state index contributed by atoms with van der Waals surface area (Å²) in [6.07, 6.45) is 2.94. The van der Waals surface area contributed by atoms with E-state index in [1.54, 1.807) is 30.3 Å². The molecule has 30 heavy (non-hydrogen) atoms. The van der Waals surface area contributed by atoms with E-state index in [1.807, 2.05) is 30.3 Å². The standard InChI is InChI=1S/C22H13N3O5/c26-20-16-10-9-15(12-18(16)29-13-17(20)14-6-2-1-3-7-14)30-21-22(25(27)28)24-11-5-4-8-19(24)23-21/h1-13H. The number of imidazole rings is 1. The number of rotatable bonds is 4. The van der Waals surface area contributed by atoms with Crippen LogP contribution in [0.25, 0.3) is 27.7 Å². The topological polar surface area (TPSA) is 99.9 Å². The summed E-state index contributed by atoms with van der Waals surface area (Å²) in [5.41, 5.74) is 1.73. The third-order valence-electron chi connectivity index (χ3n) is 4.69. The van der Waals surface area contributed by atoms with Crippen LogP contribution in [0.2, 0.25) is 0 Å². The minimum absolute atomic E-state index is 0.145. The highest BCUT2D eigenvalue weighted by atomic mass is 16.6. The maximum Gasteiger partial charge on any atom is 0.392 e. The first-order valence-electron chi connectivity index (χ1n) is 9.02. The molecule has 3 aromatic heterocycles. The number of aromatic nitrogens is 2. The second-order valence-electron chi connectivity index (χ2n) is 6.53. The van der Waals surface area contributed by atoms with E-state index < -0.39 is 4.92 Å². The van der Waals surface area contributed by atoms with Crippen LogP contribution in [0.4, 0.5) is 5.82 Å². The van der Waals surface area contributed by atoms with Crippen molar-refractivity contribution in [3.8, 4) is 22.8 Å². The Morgan fingerprint density at radius 1 is 1.03 bits per heavy atom. The van der Waals surface area contributed by atoms with E-state index in [2.05, 4.69) is 4.98 Å². The molecule has 0 spiro atoms. The van der Waals surface area contributed by atoms with Gasteiger partial charge in [-0.15, -0.1) is 0 Å². The van der Waals surface area contributed by atoms with Crippen molar-refractivity contribution in [2.24, 2.45) is 0 Å². The van der Waals surface area contributed by atoms with Gasteiger partial charge in [-0.25, -0.2) is 0 Å². The van der Waals surface area contributed by atoms with Gasteiger partial charge in [0.2, 0.25) is 5.65 Å². The van der Waals surface area contributed by atoms with Gasteiger partial charge in [0.25, 0.3) is 0 Å². The van der Waals surface area contributed by atoms with Crippen molar-refractivity contribution in [3.05, 3.63) is 99.5 Å². The average molecular weight is 399 g/mol. The highest BCUT2D eigenvalue weighted by Crippen LogP contribution is 2.33. The van der Waals surface area contributed by atoms with Crippen molar-refractivity contribution in [3.63, 3.8) is 0 Å². The van der Waals surface area contributed by atoms with Crippen LogP contribution in [-0.4, -0.2) is 14.3 Å². The lowest BCUT2D eigenvalue weighted by atomic mass is 10.1. The molecule has 0 fully saturated rings. The van der Waals surface area contributed by atoms with Gasteiger partial charge in [-0.3, -0.25) is 4.79 Å². The van der Waals surface area contributed by atoms with E-state index in [-0.39, 0.29) is 22.9 Å². The molecule has 0 aliphatic rings. The lowest BCUT2D eigenvalue weighted by Crippen LogP contribution is -2.04. The van der Waals surface area contributed by atoms with Crippen LogP contribution in [0.5, 0.6) is 11.6 Å². The van der Waals surface area contributed by atoms with Crippen molar-refractivity contribution in [1.82, 2.24) is 9.38 Å². The molecule has 0 amide bonds. The molecule has 2 aromatic carbocycles. The molecule has 5 aromatic rings. The lowest BCUT2D eigenvalue weighted by molar-refractivity contribution is -0.391. The van der Waals surface area contributed by atoms with Crippen molar-refractivity contribution in [1.29, 1.82) is 0 Å². The van der Waals surface area contributed by atoms with Crippen molar-refractivity contribution < 1.29 is 14.1 Å². The maximum absolute atomic E-state index is 12.9. The molecule has 8 heteroatoms. The van der Waals surface area contributed by atoms with Crippen LogP contribution >= 0.6 is 0 Å². The monoisotopic (exact) mass is 399 g/mol. The normalized spacial score (nSPS) is 11.1. The minimum atomic E-state index is -0.553. The van der Waals surface area contributed by atoms with Gasteiger partial charge >= 0.3 is 11.7 Å². The predicted octanol–water partition coefficient (Wildman–Crippen LogP) is 4.81. The number of pyridine rings is 1. The number of nitrogens with zero attached hydrogens (tertiary/aromatic N) is 3. The Morgan fingerprint density at radius 2 is 1.83 bits per heavy atom. The summed E-state index contributed by atoms with van der Waals surface area (Å²) in [5, 5.41) is 11.9. The lowest BCUT2D eigenvalue weighted by Gasteiger charge is -2.05. The number of hydrogen-bond donors (Lipinski definition) is 0. The minimum Gasteiger partial charge on any atom is -0.463 e. The van der Waals surface area contributed by atoms with Gasteiger partial charge in [0.15, 0.2) is 5.43 Å². The molecule has 0 radical (unpaired) electrons. The molecule has 3 heterocycles. The van der Waals surface area contributed by atoms with E-state index >= 15 is 0 Å². The molecule has 146 valence electrons. The van der Waals surface area contributed by atoms with Gasteiger partial charge in [-0.05, 0) is 28.7 Å². The zero-order valence-corrected chi connectivity index (χ0v) is 15.4. The highest BCUT2D eigenvalue weighted by molar-refractivity contribution is 5.82. The van der Waals surface area contributed by atoms with Gasteiger partial charge in [0.05, 0.1) is 17.1 Å². The summed E-state index contributed by atoms with van der Waals surface area (Å²) in [4.78, 5) is 28.0. The smallest absolute Gasteiger partial charge is 0.392 e. The van der Waals surface area contributed by atoms with Gasteiger partial charge in [-0.2, -0.15) is 9.38 Å². The van der Waals surface area contributed by atoms with Crippen LogP contribution in [0.15, 0.2) is 88.4 Å². The van der Waals surface area contributed by atoms with Gasteiger partial charge in [0.1, 0.15) is 17.6 Å². The molecule has 8 nitrogen and oxygen atoms in total. The zero-order valence-electron chi connectivity index (χ0n) is 15.4. The molecule has 0 aliphatic carbocycles. The first-order valence-corrected chi connectivity index (χ1v) is 9.02. The van der Waals surface area contributed by atoms with E-state index in [0.29, 0.717) is 22.2 Å². The molecule has 5 rings (SSSR count). The van der Waals surface area contributed by atoms with Crippen molar-refractivity contribution in [2.75, 3.05) is 0 Å². The first-order chi connectivity index (χ1) is 14.6. The summed E-state index contributed by atoms with van der Waals surface area (Å²) in [6, 6.07) is 18.9. The fraction of sp³-hybridized carbons (Fsp3) is 0. The SMILES string of the molecule is O=c1c(-c2ccccc2)coc2cc(Oc3nc4ccccn4c3[N+](=O)[O-])ccc12. The van der Waals surface area contributed by atoms with E-state index in [9.17, 15) is 14.9 Å². The van der Waals surface area contributed by atoms with Crippen LogP contribution in [0.3, 0.4) is 0 Å². The predicted molar refractivity (Wildman–Crippen MR) is 110 cm³/mol. The number of fused-ring (bicyclic) bond motifs is 2. The van der Waals surface area contributed by atoms with Gasteiger partial charge in [-0.1, -0.05) is 36.4 Å². The van der Waals surface area contributed by atoms with Gasteiger partial charge < -0.3 is 19.3 Å². The summed E-state index contributed by atoms with van der Waals surface area (Å²) in [6.45, 7) is 0. The largest absolute Gasteiger partial charge is 0.463 e. The zero-order chi connectivity index (χ0) is 20.7. The number of hydrogen-bond acceptors (Lipinski definition) is 6. The fourth-order valence-corrected chi connectivity index (χ4v) is 3.30. The number of nitro groups is 1. The molecule has 0 bridgehead atoms. The molecular formula is C22H13N3O5. The highest BCUT2D eigenvalue weighted by Gasteiger charge is 2.24. The van der Waals surface area contributed by atoms with Crippen LogP contribution in [0.1, 0.15) is 0 Å². The van der Waals surface area contributed by atoms with Crippen LogP contribution in [-0.2, 0) is 0 Å². The van der Waals surface area contributed by atoms with E-state index in [1.165, 1.54) is 22.9 Å². The molecular weight excluding hydrogens is 386 g/mol. The molecule has 0 N–H and O–H groups in total. The quantitative estimate of drug-likeness (QED) is 0.318. The van der Waals surface area contributed by atoms with Crippen LogP contribution < -0.4 is 10.2 Å². The summed E-state index contributed by atoms with van der Waals surface area (Å²) in [5.74, 6) is -0.162. The Morgan fingerprint density at radius 3 is 2.63 bits per heavy atom. The maximum atomic E-state index is 12.9. The molecule has 0 atom stereocenters. The summed E-state index contributed by atoms with van der Waals surface area (Å²) < 4.78 is 12.7. The summed E-state index contributed by atoms with van der Waals surface area (Å²) in [7, 11) is 0. The Kier molecular flexibility index (Phi) is 4.03. The molecule has 0 saturated heterocycles. The Bertz CT molecular complexity index is 1470. The van der Waals surface area contributed by atoms with Gasteiger partial charge in [0, 0.05) is 12.1 Å². The molecule has 0 aliphatic heterocycles. The third-order valence-corrected chi connectivity index (χ3v) is 4.69. The Hall–Kier alpha value is -4.46. The Balaban J connectivity index is 1.57. The third kappa shape index (κ3) is 2.87. The number of ether oxygens (including phenoxy) is 1. The second kappa shape index (κ2) is 6.85. The van der Waals surface area contributed by atoms with Crippen LogP contribution in [0, 0.1) is 10.1 Å². The van der Waals surface area contributed by atoms with E-state index in [0.717, 1.165) is 5.56 Å². The van der Waals surface area contributed by atoms with Crippen molar-refractivity contribution in [2.45, 2.75) is 0 Å². The average Bonchev–Trinajstić information content (AvgIpc) is 3.12. The first kappa shape index (κ1) is 17.6. The van der Waals surface area contributed by atoms with E-state index in [4.69, 9.17) is 9.15 Å². The van der Waals surface area contributed by atoms with Crippen molar-refractivity contribution >= 4 is 22.4 Å². The molecule has 0 saturated carbocycles. The second-order valence-corrected chi connectivity index (χ2v) is 6.53. The Labute approximate surface area is 168 Å². The number of benzene rings is 2. The fourth-order valence-electron chi connectivity index (χ4n) is 3.30.